The van der Waals surface area contributed by atoms with Gasteiger partial charge < -0.3 is 15.3 Å². The average molecular weight is 314 g/mol. The van der Waals surface area contributed by atoms with Gasteiger partial charge in [-0.05, 0) is 18.6 Å². The Kier molecular flexibility index (Phi) is 5.68. The topological polar surface area (TPSA) is 82.3 Å². The van der Waals surface area contributed by atoms with Crippen molar-refractivity contribution in [3.05, 3.63) is 71.2 Å². The van der Waals surface area contributed by atoms with Gasteiger partial charge >= 0.3 is 11.9 Å². The summed E-state index contributed by atoms with van der Waals surface area (Å²) < 4.78 is 5.46. The Morgan fingerprint density at radius 3 is 2.52 bits per heavy atom. The minimum absolute atomic E-state index is 0.0742. The predicted molar refractivity (Wildman–Crippen MR) is 83.4 cm³/mol. The number of nitrogens with one attached hydrogen (secondary N) is 1. The van der Waals surface area contributed by atoms with Crippen molar-refractivity contribution < 1.29 is 19.1 Å². The van der Waals surface area contributed by atoms with Crippen molar-refractivity contribution in [3.8, 4) is 0 Å². The van der Waals surface area contributed by atoms with Crippen LogP contribution in [0.5, 0.6) is 0 Å². The fourth-order valence-electron chi connectivity index (χ4n) is 2.12. The third kappa shape index (κ3) is 4.54. The molecule has 0 fully saturated rings. The normalized spacial score (nSPS) is 11.5. The molecule has 0 saturated heterocycles. The van der Waals surface area contributed by atoms with Gasteiger partial charge in [0.15, 0.2) is 6.20 Å². The first-order chi connectivity index (χ1) is 11.1. The minimum Gasteiger partial charge on any atom is -0.618 e. The summed E-state index contributed by atoms with van der Waals surface area (Å²) in [5, 5.41) is 14.2. The van der Waals surface area contributed by atoms with E-state index in [4.69, 9.17) is 4.74 Å². The van der Waals surface area contributed by atoms with E-state index in [9.17, 15) is 14.8 Å². The quantitative estimate of drug-likeness (QED) is 0.494. The maximum absolute atomic E-state index is 12.2. The molecule has 0 spiro atoms. The highest BCUT2D eigenvalue weighted by atomic mass is 16.5. The lowest BCUT2D eigenvalue weighted by atomic mass is 10.1. The summed E-state index contributed by atoms with van der Waals surface area (Å²) in [7, 11) is 0. The Bertz CT molecular complexity index is 673. The molecule has 0 aliphatic heterocycles. The second-order valence-electron chi connectivity index (χ2n) is 4.88. The summed E-state index contributed by atoms with van der Waals surface area (Å²) in [4.78, 5) is 24.3. The Morgan fingerprint density at radius 2 is 1.87 bits per heavy atom. The molecule has 6 heteroatoms. The van der Waals surface area contributed by atoms with Crippen molar-refractivity contribution in [3.63, 3.8) is 0 Å². The van der Waals surface area contributed by atoms with Crippen molar-refractivity contribution in [1.82, 2.24) is 5.32 Å². The summed E-state index contributed by atoms with van der Waals surface area (Å²) in [6.07, 6.45) is 1.52. The van der Waals surface area contributed by atoms with Crippen LogP contribution in [0.1, 0.15) is 23.0 Å². The molecular formula is C17H18N2O4. The van der Waals surface area contributed by atoms with Crippen molar-refractivity contribution in [2.45, 2.75) is 19.4 Å². The highest BCUT2D eigenvalue weighted by molar-refractivity contribution is 5.94. The second kappa shape index (κ2) is 7.93. The Balaban J connectivity index is 2.15. The van der Waals surface area contributed by atoms with Gasteiger partial charge in [0.2, 0.25) is 0 Å². The van der Waals surface area contributed by atoms with Crippen molar-refractivity contribution in [2.75, 3.05) is 6.61 Å². The maximum Gasteiger partial charge on any atom is 0.328 e. The van der Waals surface area contributed by atoms with E-state index >= 15 is 0 Å². The molecule has 1 atom stereocenters. The summed E-state index contributed by atoms with van der Waals surface area (Å²) in [5.74, 6) is -1.15. The van der Waals surface area contributed by atoms with Crippen LogP contribution in [0.2, 0.25) is 0 Å². The molecular weight excluding hydrogens is 296 g/mol. The van der Waals surface area contributed by atoms with Gasteiger partial charge in [-0.25, -0.2) is 4.79 Å². The molecule has 0 aliphatic rings. The van der Waals surface area contributed by atoms with Crippen molar-refractivity contribution >= 4 is 11.9 Å². The third-order valence-corrected chi connectivity index (χ3v) is 3.22. The smallest absolute Gasteiger partial charge is 0.328 e. The van der Waals surface area contributed by atoms with Gasteiger partial charge in [0, 0.05) is 18.6 Å². The van der Waals surface area contributed by atoms with Crippen LogP contribution in [0.25, 0.3) is 0 Å². The van der Waals surface area contributed by atoms with E-state index in [0.29, 0.717) is 4.73 Å². The first-order valence-corrected chi connectivity index (χ1v) is 7.31. The van der Waals surface area contributed by atoms with Crippen molar-refractivity contribution in [2.24, 2.45) is 0 Å². The van der Waals surface area contributed by atoms with Gasteiger partial charge in [0.05, 0.1) is 6.61 Å². The van der Waals surface area contributed by atoms with Crippen LogP contribution >= 0.6 is 0 Å². The number of aromatic nitrogens is 1. The molecule has 1 amide bonds. The zero-order valence-corrected chi connectivity index (χ0v) is 12.8. The van der Waals surface area contributed by atoms with Crippen LogP contribution in [-0.4, -0.2) is 24.5 Å². The summed E-state index contributed by atoms with van der Waals surface area (Å²) in [6, 6.07) is 12.9. The molecule has 23 heavy (non-hydrogen) atoms. The fourth-order valence-corrected chi connectivity index (χ4v) is 2.12. The second-order valence-corrected chi connectivity index (χ2v) is 4.88. The van der Waals surface area contributed by atoms with Gasteiger partial charge in [0.1, 0.15) is 6.04 Å². The standard InChI is InChI=1S/C17H18N2O4/c1-2-23-17(21)14(12-13-8-4-3-5-9-13)18-16(20)15-10-6-7-11-19(15)22/h3-11,14H,2,12H2,1H3,(H,18,20). The first kappa shape index (κ1) is 16.5. The number of esters is 1. The van der Waals surface area contributed by atoms with E-state index in [1.54, 1.807) is 13.0 Å². The Hall–Kier alpha value is -2.89. The number of rotatable bonds is 6. The van der Waals surface area contributed by atoms with Gasteiger partial charge in [0.25, 0.3) is 5.69 Å². The van der Waals surface area contributed by atoms with Gasteiger partial charge in [-0.15, -0.1) is 0 Å². The Morgan fingerprint density at radius 1 is 1.17 bits per heavy atom. The van der Waals surface area contributed by atoms with Gasteiger partial charge in [-0.3, -0.25) is 4.79 Å². The largest absolute Gasteiger partial charge is 0.618 e. The van der Waals surface area contributed by atoms with E-state index in [-0.39, 0.29) is 18.7 Å². The third-order valence-electron chi connectivity index (χ3n) is 3.22. The number of pyridine rings is 1. The zero-order valence-electron chi connectivity index (χ0n) is 12.8. The lowest BCUT2D eigenvalue weighted by Gasteiger charge is -2.17. The van der Waals surface area contributed by atoms with E-state index in [1.165, 1.54) is 18.3 Å². The van der Waals surface area contributed by atoms with E-state index < -0.39 is 17.9 Å². The van der Waals surface area contributed by atoms with E-state index in [0.717, 1.165) is 5.56 Å². The number of hydrogen-bond donors (Lipinski definition) is 1. The molecule has 6 nitrogen and oxygen atoms in total. The molecule has 1 heterocycles. The number of ether oxygens (including phenoxy) is 1. The van der Waals surface area contributed by atoms with Crippen LogP contribution < -0.4 is 10.0 Å². The lowest BCUT2D eigenvalue weighted by molar-refractivity contribution is -0.607. The summed E-state index contributed by atoms with van der Waals surface area (Å²) in [6.45, 7) is 1.91. The molecule has 0 radical (unpaired) electrons. The summed E-state index contributed by atoms with van der Waals surface area (Å²) >= 11 is 0. The van der Waals surface area contributed by atoms with Crippen LogP contribution in [-0.2, 0) is 16.0 Å². The first-order valence-electron chi connectivity index (χ1n) is 7.31. The van der Waals surface area contributed by atoms with Crippen LogP contribution in [0, 0.1) is 5.21 Å². The average Bonchev–Trinajstić information content (AvgIpc) is 2.55. The molecule has 0 aliphatic carbocycles. The van der Waals surface area contributed by atoms with Gasteiger partial charge in [-0.1, -0.05) is 30.3 Å². The SMILES string of the molecule is CCOC(=O)C(Cc1ccccc1)NC(=O)c1cccc[n+]1[O-]. The number of amides is 1. The minimum atomic E-state index is -0.856. The maximum atomic E-state index is 12.2. The molecule has 120 valence electrons. The number of nitrogens with zero attached hydrogens (tertiary/aromatic N) is 1. The number of benzene rings is 1. The number of carbonyl (C=O) groups excluding carboxylic acids is 2. The molecule has 0 saturated carbocycles. The molecule has 1 unspecified atom stereocenters. The van der Waals surface area contributed by atoms with Gasteiger partial charge in [-0.2, -0.15) is 4.73 Å². The highest BCUT2D eigenvalue weighted by Gasteiger charge is 2.26. The predicted octanol–water partition coefficient (Wildman–Crippen LogP) is 1.22. The lowest BCUT2D eigenvalue weighted by Crippen LogP contribution is -2.47. The van der Waals surface area contributed by atoms with Crippen LogP contribution in [0.15, 0.2) is 54.7 Å². The fraction of sp³-hybridized carbons (Fsp3) is 0.235. The molecule has 2 aromatic rings. The monoisotopic (exact) mass is 314 g/mol. The van der Waals surface area contributed by atoms with E-state index in [1.807, 2.05) is 30.3 Å². The van der Waals surface area contributed by atoms with Crippen LogP contribution in [0.3, 0.4) is 0 Å². The van der Waals surface area contributed by atoms with Crippen LogP contribution in [0.4, 0.5) is 0 Å². The Labute approximate surface area is 134 Å². The molecule has 1 aromatic carbocycles. The highest BCUT2D eigenvalue weighted by Crippen LogP contribution is 2.06. The number of carbonyl (C=O) groups is 2. The number of hydrogen-bond acceptors (Lipinski definition) is 4. The molecule has 1 aromatic heterocycles. The molecule has 2 rings (SSSR count). The molecule has 0 bridgehead atoms. The van der Waals surface area contributed by atoms with E-state index in [2.05, 4.69) is 5.32 Å². The summed E-state index contributed by atoms with van der Waals surface area (Å²) in [5.41, 5.74) is 0.809. The molecule has 1 N–H and O–H groups in total. The zero-order chi connectivity index (χ0) is 16.7. The van der Waals surface area contributed by atoms with Crippen molar-refractivity contribution in [1.29, 1.82) is 0 Å².